The lowest BCUT2D eigenvalue weighted by atomic mass is 10.0. The third-order valence-electron chi connectivity index (χ3n) is 2.37. The van der Waals surface area contributed by atoms with Gasteiger partial charge in [0.1, 0.15) is 0 Å². The molecule has 0 spiro atoms. The fourth-order valence-corrected chi connectivity index (χ4v) is 1.80. The van der Waals surface area contributed by atoms with Crippen LogP contribution in [0, 0.1) is 5.92 Å². The van der Waals surface area contributed by atoms with Gasteiger partial charge in [-0.25, -0.2) is 0 Å². The topological polar surface area (TPSA) is 49.5 Å². The van der Waals surface area contributed by atoms with Gasteiger partial charge in [-0.15, -0.1) is 0 Å². The van der Waals surface area contributed by atoms with Crippen molar-refractivity contribution in [3.8, 4) is 0 Å². The van der Waals surface area contributed by atoms with E-state index in [1.807, 2.05) is 6.92 Å². The SMILES string of the molecule is CC(O)C1CCN(CC(N)=S)C1. The van der Waals surface area contributed by atoms with E-state index in [9.17, 15) is 5.11 Å². The van der Waals surface area contributed by atoms with Crippen molar-refractivity contribution in [2.45, 2.75) is 19.4 Å². The van der Waals surface area contributed by atoms with Crippen LogP contribution in [0.4, 0.5) is 0 Å². The van der Waals surface area contributed by atoms with E-state index < -0.39 is 0 Å². The lowest BCUT2D eigenvalue weighted by Crippen LogP contribution is -2.32. The number of nitrogens with zero attached hydrogens (tertiary/aromatic N) is 1. The summed E-state index contributed by atoms with van der Waals surface area (Å²) in [7, 11) is 0. The van der Waals surface area contributed by atoms with Gasteiger partial charge < -0.3 is 10.8 Å². The number of nitrogens with two attached hydrogens (primary N) is 1. The molecule has 1 saturated heterocycles. The van der Waals surface area contributed by atoms with Crippen LogP contribution in [0.5, 0.6) is 0 Å². The molecule has 0 aliphatic carbocycles. The van der Waals surface area contributed by atoms with E-state index in [2.05, 4.69) is 4.90 Å². The van der Waals surface area contributed by atoms with E-state index in [0.717, 1.165) is 19.5 Å². The van der Waals surface area contributed by atoms with Crippen molar-refractivity contribution in [3.05, 3.63) is 0 Å². The second kappa shape index (κ2) is 4.16. The highest BCUT2D eigenvalue weighted by Crippen LogP contribution is 2.18. The minimum Gasteiger partial charge on any atom is -0.393 e. The second-order valence-corrected chi connectivity index (χ2v) is 4.02. The van der Waals surface area contributed by atoms with Gasteiger partial charge in [0.15, 0.2) is 0 Å². The Morgan fingerprint density at radius 3 is 2.92 bits per heavy atom. The van der Waals surface area contributed by atoms with Gasteiger partial charge in [0.2, 0.25) is 0 Å². The van der Waals surface area contributed by atoms with Gasteiger partial charge in [0.05, 0.1) is 11.1 Å². The molecule has 1 aliphatic rings. The monoisotopic (exact) mass is 188 g/mol. The van der Waals surface area contributed by atoms with E-state index in [-0.39, 0.29) is 6.10 Å². The van der Waals surface area contributed by atoms with Crippen LogP contribution in [0.2, 0.25) is 0 Å². The highest BCUT2D eigenvalue weighted by atomic mass is 32.1. The third-order valence-corrected chi connectivity index (χ3v) is 2.50. The van der Waals surface area contributed by atoms with Gasteiger partial charge in [-0.2, -0.15) is 0 Å². The Bertz CT molecular complexity index is 172. The largest absolute Gasteiger partial charge is 0.393 e. The minimum atomic E-state index is -0.207. The normalized spacial score (nSPS) is 27.3. The van der Waals surface area contributed by atoms with Crippen LogP contribution in [0.3, 0.4) is 0 Å². The van der Waals surface area contributed by atoms with Crippen LogP contribution in [0.25, 0.3) is 0 Å². The fourth-order valence-electron chi connectivity index (χ4n) is 1.62. The Hall–Kier alpha value is -0.190. The predicted octanol–water partition coefficient (Wildman–Crippen LogP) is -0.0248. The van der Waals surface area contributed by atoms with Crippen molar-refractivity contribution in [2.75, 3.05) is 19.6 Å². The number of aliphatic hydroxyl groups excluding tert-OH is 1. The standard InChI is InChI=1S/C8H16N2OS/c1-6(11)7-2-3-10(4-7)5-8(9)12/h6-7,11H,2-5H2,1H3,(H2,9,12). The summed E-state index contributed by atoms with van der Waals surface area (Å²) in [6.45, 7) is 4.47. The summed E-state index contributed by atoms with van der Waals surface area (Å²) in [5.41, 5.74) is 5.42. The molecule has 0 amide bonds. The Kier molecular flexibility index (Phi) is 3.43. The average molecular weight is 188 g/mol. The summed E-state index contributed by atoms with van der Waals surface area (Å²) in [5.74, 6) is 0.402. The number of thiocarbonyl (C=S) groups is 1. The van der Waals surface area contributed by atoms with Crippen molar-refractivity contribution in [1.29, 1.82) is 0 Å². The minimum absolute atomic E-state index is 0.207. The zero-order valence-electron chi connectivity index (χ0n) is 7.36. The van der Waals surface area contributed by atoms with Gasteiger partial charge in [0, 0.05) is 13.1 Å². The molecule has 1 heterocycles. The van der Waals surface area contributed by atoms with Gasteiger partial charge in [-0.05, 0) is 25.8 Å². The lowest BCUT2D eigenvalue weighted by molar-refractivity contribution is 0.129. The first kappa shape index (κ1) is 9.89. The van der Waals surface area contributed by atoms with E-state index in [1.54, 1.807) is 0 Å². The van der Waals surface area contributed by atoms with Crippen molar-refractivity contribution >= 4 is 17.2 Å². The van der Waals surface area contributed by atoms with E-state index >= 15 is 0 Å². The van der Waals surface area contributed by atoms with Crippen molar-refractivity contribution in [3.63, 3.8) is 0 Å². The van der Waals surface area contributed by atoms with Crippen LogP contribution in [0.1, 0.15) is 13.3 Å². The van der Waals surface area contributed by atoms with E-state index in [4.69, 9.17) is 18.0 Å². The number of rotatable bonds is 3. The van der Waals surface area contributed by atoms with Crippen molar-refractivity contribution in [1.82, 2.24) is 4.90 Å². The highest BCUT2D eigenvalue weighted by molar-refractivity contribution is 7.80. The molecular formula is C8H16N2OS. The van der Waals surface area contributed by atoms with Crippen LogP contribution in [0.15, 0.2) is 0 Å². The molecule has 1 aliphatic heterocycles. The van der Waals surface area contributed by atoms with Crippen molar-refractivity contribution < 1.29 is 5.11 Å². The van der Waals surface area contributed by atoms with Crippen molar-refractivity contribution in [2.24, 2.45) is 11.7 Å². The van der Waals surface area contributed by atoms with E-state index in [1.165, 1.54) is 0 Å². The molecule has 3 N–H and O–H groups in total. The number of likely N-dealkylation sites (tertiary alicyclic amines) is 1. The maximum atomic E-state index is 9.31. The molecule has 12 heavy (non-hydrogen) atoms. The van der Waals surface area contributed by atoms with Crippen LogP contribution in [-0.2, 0) is 0 Å². The first-order valence-corrected chi connectivity index (χ1v) is 4.69. The summed E-state index contributed by atoms with van der Waals surface area (Å²) < 4.78 is 0. The molecule has 4 heteroatoms. The first-order valence-electron chi connectivity index (χ1n) is 4.28. The molecule has 0 aromatic rings. The summed E-state index contributed by atoms with van der Waals surface area (Å²) in [6, 6.07) is 0. The number of hydrogen-bond donors (Lipinski definition) is 2. The highest BCUT2D eigenvalue weighted by Gasteiger charge is 2.25. The van der Waals surface area contributed by atoms with Crippen LogP contribution in [-0.4, -0.2) is 40.7 Å². The molecule has 0 saturated carbocycles. The Balaban J connectivity index is 2.30. The molecule has 3 nitrogen and oxygen atoms in total. The molecule has 0 radical (unpaired) electrons. The molecule has 1 fully saturated rings. The second-order valence-electron chi connectivity index (χ2n) is 3.49. The predicted molar refractivity (Wildman–Crippen MR) is 53.0 cm³/mol. The third kappa shape index (κ3) is 2.69. The summed E-state index contributed by atoms with van der Waals surface area (Å²) >= 11 is 4.81. The zero-order chi connectivity index (χ0) is 9.14. The quantitative estimate of drug-likeness (QED) is 0.611. The maximum Gasteiger partial charge on any atom is 0.0870 e. The molecule has 70 valence electrons. The van der Waals surface area contributed by atoms with Gasteiger partial charge in [-0.3, -0.25) is 4.90 Å². The fraction of sp³-hybridized carbons (Fsp3) is 0.875. The maximum absolute atomic E-state index is 9.31. The molecule has 2 atom stereocenters. The van der Waals surface area contributed by atoms with Gasteiger partial charge in [0.25, 0.3) is 0 Å². The van der Waals surface area contributed by atoms with Crippen LogP contribution >= 0.6 is 12.2 Å². The smallest absolute Gasteiger partial charge is 0.0870 e. The Morgan fingerprint density at radius 1 is 1.83 bits per heavy atom. The van der Waals surface area contributed by atoms with Gasteiger partial charge in [-0.1, -0.05) is 12.2 Å². The molecule has 0 bridgehead atoms. The summed E-state index contributed by atoms with van der Waals surface area (Å²) in [5, 5.41) is 9.31. The molecule has 0 aromatic carbocycles. The van der Waals surface area contributed by atoms with Gasteiger partial charge >= 0.3 is 0 Å². The molecule has 0 aromatic heterocycles. The molecular weight excluding hydrogens is 172 g/mol. The number of hydrogen-bond acceptors (Lipinski definition) is 3. The molecule has 2 unspecified atom stereocenters. The average Bonchev–Trinajstić information content (AvgIpc) is 2.34. The summed E-state index contributed by atoms with van der Waals surface area (Å²) in [6.07, 6.45) is 0.849. The first-order chi connectivity index (χ1) is 5.59. The zero-order valence-corrected chi connectivity index (χ0v) is 8.18. The van der Waals surface area contributed by atoms with E-state index in [0.29, 0.717) is 17.5 Å². The lowest BCUT2D eigenvalue weighted by Gasteiger charge is -2.16. The summed E-state index contributed by atoms with van der Waals surface area (Å²) in [4.78, 5) is 2.74. The Morgan fingerprint density at radius 2 is 2.50 bits per heavy atom. The number of aliphatic hydroxyl groups is 1. The molecule has 1 rings (SSSR count). The van der Waals surface area contributed by atoms with Crippen LogP contribution < -0.4 is 5.73 Å². The Labute approximate surface area is 78.5 Å².